The maximum absolute atomic E-state index is 2.38. The number of aryl methyl sites for hydroxylation is 1. The van der Waals surface area contributed by atoms with Crippen LogP contribution >= 0.6 is 11.3 Å². The highest BCUT2D eigenvalue weighted by Crippen LogP contribution is 2.39. The molecule has 7 rings (SSSR count). The van der Waals surface area contributed by atoms with Gasteiger partial charge in [-0.2, -0.15) is 0 Å². The number of nitrogens with zero attached hydrogens (tertiary/aromatic N) is 1. The van der Waals surface area contributed by atoms with Gasteiger partial charge in [-0.1, -0.05) is 66.2 Å². The zero-order valence-corrected chi connectivity index (χ0v) is 19.1. The van der Waals surface area contributed by atoms with Crippen LogP contribution in [0.5, 0.6) is 0 Å². The topological polar surface area (TPSA) is 4.93 Å². The summed E-state index contributed by atoms with van der Waals surface area (Å²) in [6.07, 6.45) is 0. The largest absolute Gasteiger partial charge is 0.309 e. The molecule has 0 atom stereocenters. The number of hydrogen-bond donors (Lipinski definition) is 0. The highest BCUT2D eigenvalue weighted by Gasteiger charge is 2.13. The van der Waals surface area contributed by atoms with Crippen molar-refractivity contribution in [1.29, 1.82) is 0 Å². The van der Waals surface area contributed by atoms with Gasteiger partial charge in [0.2, 0.25) is 0 Å². The van der Waals surface area contributed by atoms with Crippen molar-refractivity contribution in [2.75, 3.05) is 0 Å². The predicted molar refractivity (Wildman–Crippen MR) is 144 cm³/mol. The standard InChI is InChI=1S/C31H21NS/c1-20-11-15-30-26(17-20)27-18-21(13-16-31(27)33-30)22-12-14-25-24-9-5-6-10-28(24)32(29(25)19-22)23-7-3-2-4-8-23/h2-19H,1H3. The second kappa shape index (κ2) is 7.06. The van der Waals surface area contributed by atoms with Crippen LogP contribution in [0.15, 0.2) is 109 Å². The van der Waals surface area contributed by atoms with Gasteiger partial charge in [-0.15, -0.1) is 11.3 Å². The molecule has 0 aliphatic rings. The minimum Gasteiger partial charge on any atom is -0.309 e. The van der Waals surface area contributed by atoms with Gasteiger partial charge in [0.25, 0.3) is 0 Å². The summed E-state index contributed by atoms with van der Waals surface area (Å²) >= 11 is 1.88. The van der Waals surface area contributed by atoms with E-state index in [1.54, 1.807) is 0 Å². The Kier molecular flexibility index (Phi) is 3.99. The molecule has 0 fully saturated rings. The first-order valence-corrected chi connectivity index (χ1v) is 12.1. The van der Waals surface area contributed by atoms with Crippen LogP contribution in [0.3, 0.4) is 0 Å². The molecule has 1 nitrogen and oxygen atoms in total. The zero-order chi connectivity index (χ0) is 21.9. The summed E-state index contributed by atoms with van der Waals surface area (Å²) in [5, 5.41) is 5.28. The summed E-state index contributed by atoms with van der Waals surface area (Å²) in [5.41, 5.74) is 7.49. The number of aromatic nitrogens is 1. The van der Waals surface area contributed by atoms with E-state index in [9.17, 15) is 0 Å². The van der Waals surface area contributed by atoms with Crippen LogP contribution in [0.4, 0.5) is 0 Å². The Labute approximate surface area is 196 Å². The molecule has 7 aromatic rings. The molecule has 33 heavy (non-hydrogen) atoms. The summed E-state index contributed by atoms with van der Waals surface area (Å²) < 4.78 is 5.09. The molecule has 156 valence electrons. The lowest BCUT2D eigenvalue weighted by Gasteiger charge is -2.09. The zero-order valence-electron chi connectivity index (χ0n) is 18.2. The molecule has 2 heterocycles. The highest BCUT2D eigenvalue weighted by molar-refractivity contribution is 7.25. The third-order valence-electron chi connectivity index (χ3n) is 6.65. The summed E-state index contributed by atoms with van der Waals surface area (Å²) in [7, 11) is 0. The van der Waals surface area contributed by atoms with Crippen molar-refractivity contribution in [2.24, 2.45) is 0 Å². The quantitative estimate of drug-likeness (QED) is 0.253. The highest BCUT2D eigenvalue weighted by atomic mass is 32.1. The van der Waals surface area contributed by atoms with Gasteiger partial charge in [-0.25, -0.2) is 0 Å². The van der Waals surface area contributed by atoms with Crippen LogP contribution < -0.4 is 0 Å². The lowest BCUT2D eigenvalue weighted by Crippen LogP contribution is -1.93. The molecular formula is C31H21NS. The van der Waals surface area contributed by atoms with Crippen molar-refractivity contribution in [3.8, 4) is 16.8 Å². The third-order valence-corrected chi connectivity index (χ3v) is 7.80. The average molecular weight is 440 g/mol. The van der Waals surface area contributed by atoms with Gasteiger partial charge in [-0.3, -0.25) is 0 Å². The van der Waals surface area contributed by atoms with E-state index in [-0.39, 0.29) is 0 Å². The Bertz CT molecular complexity index is 1820. The lowest BCUT2D eigenvalue weighted by molar-refractivity contribution is 1.18. The van der Waals surface area contributed by atoms with E-state index in [0.717, 1.165) is 0 Å². The Morgan fingerprint density at radius 2 is 1.18 bits per heavy atom. The Morgan fingerprint density at radius 1 is 0.515 bits per heavy atom. The molecule has 0 radical (unpaired) electrons. The maximum atomic E-state index is 2.38. The number of rotatable bonds is 2. The molecule has 0 saturated carbocycles. The van der Waals surface area contributed by atoms with Gasteiger partial charge in [-0.05, 0) is 66.6 Å². The van der Waals surface area contributed by atoms with Crippen LogP contribution in [0.1, 0.15) is 5.56 Å². The fourth-order valence-electron chi connectivity index (χ4n) is 5.08. The molecule has 0 amide bonds. The van der Waals surface area contributed by atoms with Crippen LogP contribution in [0.2, 0.25) is 0 Å². The first-order chi connectivity index (χ1) is 16.3. The predicted octanol–water partition coefficient (Wildman–Crippen LogP) is 9.13. The van der Waals surface area contributed by atoms with Crippen molar-refractivity contribution in [3.63, 3.8) is 0 Å². The molecule has 0 saturated heterocycles. The second-order valence-corrected chi connectivity index (χ2v) is 9.82. The molecule has 0 aliphatic heterocycles. The average Bonchev–Trinajstić information content (AvgIpc) is 3.39. The van der Waals surface area contributed by atoms with E-state index < -0.39 is 0 Å². The number of fused-ring (bicyclic) bond motifs is 6. The van der Waals surface area contributed by atoms with Gasteiger partial charge < -0.3 is 4.57 Å². The summed E-state index contributed by atoms with van der Waals surface area (Å²) in [6.45, 7) is 2.17. The third kappa shape index (κ3) is 2.84. The maximum Gasteiger partial charge on any atom is 0.0547 e. The molecule has 0 N–H and O–H groups in total. The van der Waals surface area contributed by atoms with Gasteiger partial charge in [0, 0.05) is 36.6 Å². The normalized spacial score (nSPS) is 11.8. The van der Waals surface area contributed by atoms with E-state index >= 15 is 0 Å². The first-order valence-electron chi connectivity index (χ1n) is 11.3. The van der Waals surface area contributed by atoms with Crippen LogP contribution in [-0.2, 0) is 0 Å². The Balaban J connectivity index is 1.50. The van der Waals surface area contributed by atoms with E-state index in [2.05, 4.69) is 121 Å². The Hall–Kier alpha value is -3.88. The van der Waals surface area contributed by atoms with Gasteiger partial charge in [0.1, 0.15) is 0 Å². The van der Waals surface area contributed by atoms with Crippen LogP contribution in [-0.4, -0.2) is 4.57 Å². The smallest absolute Gasteiger partial charge is 0.0547 e. The lowest BCUT2D eigenvalue weighted by atomic mass is 10.0. The number of benzene rings is 5. The van der Waals surface area contributed by atoms with Crippen molar-refractivity contribution >= 4 is 53.3 Å². The molecule has 5 aromatic carbocycles. The molecule has 0 aliphatic carbocycles. The summed E-state index contributed by atoms with van der Waals surface area (Å²) in [5.74, 6) is 0. The Morgan fingerprint density at radius 3 is 2.06 bits per heavy atom. The SMILES string of the molecule is Cc1ccc2sc3ccc(-c4ccc5c6ccccc6n(-c6ccccc6)c5c4)cc3c2c1. The first kappa shape index (κ1) is 18.7. The molecule has 0 bridgehead atoms. The van der Waals surface area contributed by atoms with Crippen molar-refractivity contribution in [1.82, 2.24) is 4.57 Å². The number of thiophene rings is 1. The van der Waals surface area contributed by atoms with Gasteiger partial charge >= 0.3 is 0 Å². The van der Waals surface area contributed by atoms with Crippen LogP contribution in [0, 0.1) is 6.92 Å². The summed E-state index contributed by atoms with van der Waals surface area (Å²) in [6, 6.07) is 39.9. The van der Waals surface area contributed by atoms with E-state index in [0.29, 0.717) is 0 Å². The van der Waals surface area contributed by atoms with E-state index in [1.807, 2.05) is 11.3 Å². The summed E-state index contributed by atoms with van der Waals surface area (Å²) in [4.78, 5) is 0. The van der Waals surface area contributed by atoms with Crippen molar-refractivity contribution in [2.45, 2.75) is 6.92 Å². The molecule has 0 spiro atoms. The minimum atomic E-state index is 1.19. The second-order valence-electron chi connectivity index (χ2n) is 8.73. The van der Waals surface area contributed by atoms with Crippen molar-refractivity contribution < 1.29 is 0 Å². The minimum absolute atomic E-state index is 1.19. The van der Waals surface area contributed by atoms with Gasteiger partial charge in [0.05, 0.1) is 11.0 Å². The van der Waals surface area contributed by atoms with Crippen LogP contribution in [0.25, 0.3) is 58.8 Å². The fourth-order valence-corrected chi connectivity index (χ4v) is 6.14. The monoisotopic (exact) mass is 439 g/mol. The fraction of sp³-hybridized carbons (Fsp3) is 0.0323. The van der Waals surface area contributed by atoms with E-state index in [1.165, 1.54) is 64.4 Å². The molecule has 0 unspecified atom stereocenters. The molecule has 2 aromatic heterocycles. The van der Waals surface area contributed by atoms with E-state index in [4.69, 9.17) is 0 Å². The number of para-hydroxylation sites is 2. The van der Waals surface area contributed by atoms with Gasteiger partial charge in [0.15, 0.2) is 0 Å². The molecular weight excluding hydrogens is 418 g/mol. The molecule has 2 heteroatoms. The number of hydrogen-bond acceptors (Lipinski definition) is 1. The van der Waals surface area contributed by atoms with Crippen molar-refractivity contribution in [3.05, 3.63) is 115 Å².